The third kappa shape index (κ3) is 5.06. The average molecular weight is 286 g/mol. The fourth-order valence-corrected chi connectivity index (χ4v) is 3.16. The summed E-state index contributed by atoms with van der Waals surface area (Å²) in [4.78, 5) is 2.61. The normalized spacial score (nSPS) is 15.9. The van der Waals surface area contributed by atoms with Gasteiger partial charge in [-0.3, -0.25) is 0 Å². The first-order chi connectivity index (χ1) is 10.3. The van der Waals surface area contributed by atoms with Crippen LogP contribution in [0.25, 0.3) is 0 Å². The van der Waals surface area contributed by atoms with Gasteiger partial charge in [-0.2, -0.15) is 5.26 Å². The van der Waals surface area contributed by atoms with Crippen molar-refractivity contribution >= 4 is 0 Å². The van der Waals surface area contributed by atoms with E-state index >= 15 is 0 Å². The molecule has 0 radical (unpaired) electrons. The Morgan fingerprint density at radius 3 is 2.81 bits per heavy atom. The minimum atomic E-state index is 0.657. The average Bonchev–Trinajstić information content (AvgIpc) is 2.56. The third-order valence-corrected chi connectivity index (χ3v) is 4.32. The molecule has 3 heteroatoms. The van der Waals surface area contributed by atoms with Crippen LogP contribution in [0.15, 0.2) is 24.3 Å². The maximum Gasteiger partial charge on any atom is 0.120 e. The van der Waals surface area contributed by atoms with Gasteiger partial charge in [0.1, 0.15) is 5.75 Å². The second kappa shape index (κ2) is 8.69. The summed E-state index contributed by atoms with van der Waals surface area (Å²) in [6.07, 6.45) is 7.95. The molecule has 1 aliphatic rings. The topological polar surface area (TPSA) is 36.3 Å². The van der Waals surface area contributed by atoms with E-state index in [-0.39, 0.29) is 0 Å². The van der Waals surface area contributed by atoms with Gasteiger partial charge in [-0.1, -0.05) is 32.3 Å². The van der Waals surface area contributed by atoms with Gasteiger partial charge in [-0.25, -0.2) is 0 Å². The molecule has 0 N–H and O–H groups in total. The molecule has 0 heterocycles. The van der Waals surface area contributed by atoms with Crippen LogP contribution in [0, 0.1) is 11.3 Å². The van der Waals surface area contributed by atoms with E-state index in [1.807, 2.05) is 12.1 Å². The van der Waals surface area contributed by atoms with Crippen molar-refractivity contribution < 1.29 is 4.74 Å². The molecule has 1 aromatic rings. The van der Waals surface area contributed by atoms with Gasteiger partial charge in [0.2, 0.25) is 0 Å². The van der Waals surface area contributed by atoms with Crippen molar-refractivity contribution in [3.05, 3.63) is 29.8 Å². The van der Waals surface area contributed by atoms with Gasteiger partial charge in [0, 0.05) is 12.6 Å². The van der Waals surface area contributed by atoms with Crippen LogP contribution in [0.5, 0.6) is 5.75 Å². The zero-order valence-electron chi connectivity index (χ0n) is 13.1. The number of nitriles is 1. The highest BCUT2D eigenvalue weighted by Crippen LogP contribution is 2.22. The molecule has 0 spiro atoms. The number of benzene rings is 1. The van der Waals surface area contributed by atoms with E-state index in [4.69, 9.17) is 10.00 Å². The second-order valence-corrected chi connectivity index (χ2v) is 5.76. The zero-order valence-corrected chi connectivity index (χ0v) is 13.1. The van der Waals surface area contributed by atoms with E-state index in [0.29, 0.717) is 5.56 Å². The lowest BCUT2D eigenvalue weighted by Crippen LogP contribution is -2.37. The Morgan fingerprint density at radius 2 is 2.10 bits per heavy atom. The summed E-state index contributed by atoms with van der Waals surface area (Å²) in [6.45, 7) is 5.22. The molecule has 1 fully saturated rings. The van der Waals surface area contributed by atoms with Crippen molar-refractivity contribution in [2.24, 2.45) is 0 Å². The number of hydrogen-bond donors (Lipinski definition) is 0. The second-order valence-electron chi connectivity index (χ2n) is 5.76. The summed E-state index contributed by atoms with van der Waals surface area (Å²) in [5, 5.41) is 8.87. The molecule has 1 saturated carbocycles. The maximum absolute atomic E-state index is 8.87. The van der Waals surface area contributed by atoms with Crippen LogP contribution >= 0.6 is 0 Å². The molecule has 0 atom stereocenters. The maximum atomic E-state index is 8.87. The van der Waals surface area contributed by atoms with Crippen molar-refractivity contribution in [1.82, 2.24) is 4.90 Å². The van der Waals surface area contributed by atoms with Crippen molar-refractivity contribution in [3.8, 4) is 11.8 Å². The molecule has 3 nitrogen and oxygen atoms in total. The summed E-state index contributed by atoms with van der Waals surface area (Å²) < 4.78 is 5.75. The predicted molar refractivity (Wildman–Crippen MR) is 85.4 cm³/mol. The first kappa shape index (κ1) is 15.9. The van der Waals surface area contributed by atoms with Crippen LogP contribution in [-0.4, -0.2) is 30.6 Å². The van der Waals surface area contributed by atoms with Crippen molar-refractivity contribution in [1.29, 1.82) is 5.26 Å². The van der Waals surface area contributed by atoms with Crippen LogP contribution in [0.3, 0.4) is 0 Å². The van der Waals surface area contributed by atoms with Gasteiger partial charge < -0.3 is 9.64 Å². The fraction of sp³-hybridized carbons (Fsp3) is 0.611. The summed E-state index contributed by atoms with van der Waals surface area (Å²) in [6, 6.07) is 10.3. The van der Waals surface area contributed by atoms with Crippen LogP contribution in [0.1, 0.15) is 51.0 Å². The molecule has 1 aromatic carbocycles. The molecule has 0 aliphatic heterocycles. The van der Waals surface area contributed by atoms with E-state index in [1.165, 1.54) is 32.1 Å². The number of ether oxygens (including phenoxy) is 1. The summed E-state index contributed by atoms with van der Waals surface area (Å²) in [5.41, 5.74) is 0.657. The predicted octanol–water partition coefficient (Wildman–Crippen LogP) is 3.98. The highest BCUT2D eigenvalue weighted by Gasteiger charge is 2.19. The Labute approximate surface area is 128 Å². The molecular weight excluding hydrogens is 260 g/mol. The van der Waals surface area contributed by atoms with Crippen LogP contribution in [0.4, 0.5) is 0 Å². The minimum absolute atomic E-state index is 0.657. The smallest absolute Gasteiger partial charge is 0.120 e. The Morgan fingerprint density at radius 1 is 1.29 bits per heavy atom. The monoisotopic (exact) mass is 286 g/mol. The summed E-state index contributed by atoms with van der Waals surface area (Å²) >= 11 is 0. The molecule has 1 aliphatic carbocycles. The molecule has 0 aromatic heterocycles. The lowest BCUT2D eigenvalue weighted by atomic mass is 9.94. The van der Waals surface area contributed by atoms with Crippen molar-refractivity contribution in [3.63, 3.8) is 0 Å². The number of nitrogens with zero attached hydrogens (tertiary/aromatic N) is 2. The highest BCUT2D eigenvalue weighted by atomic mass is 16.5. The first-order valence-corrected chi connectivity index (χ1v) is 8.20. The molecule has 2 rings (SSSR count). The van der Waals surface area contributed by atoms with Crippen molar-refractivity contribution in [2.45, 2.75) is 51.5 Å². The van der Waals surface area contributed by atoms with E-state index in [9.17, 15) is 0 Å². The third-order valence-electron chi connectivity index (χ3n) is 4.32. The number of rotatable bonds is 7. The Kier molecular flexibility index (Phi) is 6.56. The zero-order chi connectivity index (χ0) is 14.9. The van der Waals surface area contributed by atoms with E-state index < -0.39 is 0 Å². The standard InChI is InChI=1S/C18H26N2O/c1-2-20(17-9-4-3-5-10-17)12-7-13-21-18-11-6-8-16(14-18)15-19/h6,8,11,14,17H,2-5,7,9-10,12-13H2,1H3. The summed E-state index contributed by atoms with van der Waals surface area (Å²) in [5.74, 6) is 0.801. The van der Waals surface area contributed by atoms with Crippen LogP contribution in [0.2, 0.25) is 0 Å². The van der Waals surface area contributed by atoms with E-state index in [2.05, 4.69) is 17.9 Å². The van der Waals surface area contributed by atoms with Gasteiger partial charge in [0.25, 0.3) is 0 Å². The van der Waals surface area contributed by atoms with E-state index in [1.54, 1.807) is 12.1 Å². The largest absolute Gasteiger partial charge is 0.494 e. The Balaban J connectivity index is 1.71. The molecular formula is C18H26N2O. The molecule has 114 valence electrons. The van der Waals surface area contributed by atoms with Gasteiger partial charge in [-0.05, 0) is 44.0 Å². The quantitative estimate of drug-likeness (QED) is 0.711. The molecule has 21 heavy (non-hydrogen) atoms. The number of hydrogen-bond acceptors (Lipinski definition) is 3. The van der Waals surface area contributed by atoms with Gasteiger partial charge >= 0.3 is 0 Å². The van der Waals surface area contributed by atoms with Crippen LogP contribution in [-0.2, 0) is 0 Å². The Bertz CT molecular complexity index is 461. The molecule has 0 unspecified atom stereocenters. The van der Waals surface area contributed by atoms with Gasteiger partial charge in [0.05, 0.1) is 18.2 Å². The minimum Gasteiger partial charge on any atom is -0.494 e. The first-order valence-electron chi connectivity index (χ1n) is 8.20. The summed E-state index contributed by atoms with van der Waals surface area (Å²) in [7, 11) is 0. The lowest BCUT2D eigenvalue weighted by Gasteiger charge is -2.33. The van der Waals surface area contributed by atoms with Crippen molar-refractivity contribution in [2.75, 3.05) is 19.7 Å². The molecule has 0 bridgehead atoms. The fourth-order valence-electron chi connectivity index (χ4n) is 3.16. The lowest BCUT2D eigenvalue weighted by molar-refractivity contribution is 0.152. The molecule has 0 saturated heterocycles. The van der Waals surface area contributed by atoms with Gasteiger partial charge in [-0.15, -0.1) is 0 Å². The van der Waals surface area contributed by atoms with Crippen LogP contribution < -0.4 is 4.74 Å². The molecule has 0 amide bonds. The SMILES string of the molecule is CCN(CCCOc1cccc(C#N)c1)C1CCCCC1. The highest BCUT2D eigenvalue weighted by molar-refractivity contribution is 5.36. The van der Waals surface area contributed by atoms with Gasteiger partial charge in [0.15, 0.2) is 0 Å². The van der Waals surface area contributed by atoms with E-state index in [0.717, 1.165) is 37.9 Å². The Hall–Kier alpha value is -1.53.